The number of carbonyl (C=O) groups is 1. The first-order chi connectivity index (χ1) is 7.65. The fourth-order valence-electron chi connectivity index (χ4n) is 2.03. The molecule has 0 aromatic heterocycles. The first-order valence-electron chi connectivity index (χ1n) is 4.97. The molecule has 5 heteroatoms. The molecule has 1 N–H and O–H groups in total. The predicted molar refractivity (Wildman–Crippen MR) is 56.1 cm³/mol. The summed E-state index contributed by atoms with van der Waals surface area (Å²) in [6, 6.07) is 3.43. The molecule has 1 fully saturated rings. The van der Waals surface area contributed by atoms with E-state index in [9.17, 15) is 9.90 Å². The van der Waals surface area contributed by atoms with E-state index in [-0.39, 0.29) is 6.79 Å². The van der Waals surface area contributed by atoms with Gasteiger partial charge < -0.3 is 14.6 Å². The standard InChI is InChI=1S/C11H9ClO4/c12-8-6(11(3-4-11)10(13)14)1-2-7-9(8)16-5-15-7/h1-2H,3-5H2,(H,13,14). The summed E-state index contributed by atoms with van der Waals surface area (Å²) in [5.41, 5.74) is -0.177. The molecular weight excluding hydrogens is 232 g/mol. The molecule has 2 aliphatic rings. The smallest absolute Gasteiger partial charge is 0.314 e. The van der Waals surface area contributed by atoms with Gasteiger partial charge in [0.2, 0.25) is 6.79 Å². The number of fused-ring (bicyclic) bond motifs is 1. The third-order valence-electron chi connectivity index (χ3n) is 3.15. The minimum absolute atomic E-state index is 0.137. The Hall–Kier alpha value is -1.42. The molecule has 3 rings (SSSR count). The third-order valence-corrected chi connectivity index (χ3v) is 3.53. The van der Waals surface area contributed by atoms with E-state index >= 15 is 0 Å². The fraction of sp³-hybridized carbons (Fsp3) is 0.364. The van der Waals surface area contributed by atoms with Gasteiger partial charge in [-0.05, 0) is 24.5 Å². The van der Waals surface area contributed by atoms with Gasteiger partial charge in [-0.25, -0.2) is 0 Å². The van der Waals surface area contributed by atoms with Crippen molar-refractivity contribution in [2.75, 3.05) is 6.79 Å². The molecule has 1 aromatic rings. The minimum Gasteiger partial charge on any atom is -0.481 e. The molecule has 0 bridgehead atoms. The van der Waals surface area contributed by atoms with E-state index in [0.717, 1.165) is 0 Å². The van der Waals surface area contributed by atoms with Crippen LogP contribution in [0.15, 0.2) is 12.1 Å². The molecule has 0 atom stereocenters. The van der Waals surface area contributed by atoms with Gasteiger partial charge in [0.15, 0.2) is 11.5 Å². The van der Waals surface area contributed by atoms with Gasteiger partial charge in [0, 0.05) is 0 Å². The van der Waals surface area contributed by atoms with Crippen LogP contribution in [0.5, 0.6) is 11.5 Å². The maximum absolute atomic E-state index is 11.2. The van der Waals surface area contributed by atoms with Gasteiger partial charge in [-0.3, -0.25) is 4.79 Å². The lowest BCUT2D eigenvalue weighted by molar-refractivity contribution is -0.140. The normalized spacial score (nSPS) is 19.6. The Morgan fingerprint density at radius 2 is 2.12 bits per heavy atom. The summed E-state index contributed by atoms with van der Waals surface area (Å²) < 4.78 is 10.4. The third kappa shape index (κ3) is 1.13. The molecule has 1 aliphatic heterocycles. The van der Waals surface area contributed by atoms with E-state index in [2.05, 4.69) is 0 Å². The van der Waals surface area contributed by atoms with Crippen LogP contribution in [0.25, 0.3) is 0 Å². The second-order valence-electron chi connectivity index (χ2n) is 4.05. The molecule has 1 saturated carbocycles. The molecule has 1 heterocycles. The summed E-state index contributed by atoms with van der Waals surface area (Å²) in [7, 11) is 0. The van der Waals surface area contributed by atoms with E-state index in [0.29, 0.717) is 34.9 Å². The molecule has 0 amide bonds. The lowest BCUT2D eigenvalue weighted by atomic mass is 9.95. The summed E-state index contributed by atoms with van der Waals surface area (Å²) in [5, 5.41) is 9.57. The Morgan fingerprint density at radius 1 is 1.38 bits per heavy atom. The maximum Gasteiger partial charge on any atom is 0.314 e. The highest BCUT2D eigenvalue weighted by molar-refractivity contribution is 6.33. The molecule has 84 valence electrons. The molecule has 1 aromatic carbocycles. The van der Waals surface area contributed by atoms with Crippen LogP contribution in [-0.2, 0) is 10.2 Å². The van der Waals surface area contributed by atoms with Crippen LogP contribution in [0.4, 0.5) is 0 Å². The number of carboxylic acid groups (broad SMARTS) is 1. The largest absolute Gasteiger partial charge is 0.481 e. The first kappa shape index (κ1) is 9.78. The molecule has 0 radical (unpaired) electrons. The zero-order valence-electron chi connectivity index (χ0n) is 8.33. The van der Waals surface area contributed by atoms with Crippen LogP contribution in [0, 0.1) is 0 Å². The molecule has 1 aliphatic carbocycles. The lowest BCUT2D eigenvalue weighted by Gasteiger charge is -2.13. The van der Waals surface area contributed by atoms with Crippen LogP contribution >= 0.6 is 11.6 Å². The summed E-state index contributed by atoms with van der Waals surface area (Å²) >= 11 is 6.15. The number of ether oxygens (including phenoxy) is 2. The fourth-order valence-corrected chi connectivity index (χ4v) is 2.42. The second kappa shape index (κ2) is 3.04. The van der Waals surface area contributed by atoms with Crippen molar-refractivity contribution in [3.8, 4) is 11.5 Å². The summed E-state index contributed by atoms with van der Waals surface area (Å²) in [4.78, 5) is 11.2. The van der Waals surface area contributed by atoms with E-state index in [4.69, 9.17) is 21.1 Å². The topological polar surface area (TPSA) is 55.8 Å². The van der Waals surface area contributed by atoms with Crippen LogP contribution in [0.3, 0.4) is 0 Å². The Labute approximate surface area is 96.7 Å². The van der Waals surface area contributed by atoms with Crippen molar-refractivity contribution in [3.05, 3.63) is 22.7 Å². The van der Waals surface area contributed by atoms with Crippen molar-refractivity contribution >= 4 is 17.6 Å². The Balaban J connectivity index is 2.13. The van der Waals surface area contributed by atoms with Crippen molar-refractivity contribution in [2.24, 2.45) is 0 Å². The summed E-state index contributed by atoms with van der Waals surface area (Å²) in [6.07, 6.45) is 1.25. The van der Waals surface area contributed by atoms with Crippen molar-refractivity contribution < 1.29 is 19.4 Å². The zero-order valence-corrected chi connectivity index (χ0v) is 9.08. The van der Waals surface area contributed by atoms with Crippen molar-refractivity contribution in [1.82, 2.24) is 0 Å². The summed E-state index contributed by atoms with van der Waals surface area (Å²) in [6.45, 7) is 0.137. The van der Waals surface area contributed by atoms with Crippen molar-refractivity contribution in [2.45, 2.75) is 18.3 Å². The van der Waals surface area contributed by atoms with E-state index in [1.807, 2.05) is 0 Å². The summed E-state index contributed by atoms with van der Waals surface area (Å²) in [5.74, 6) is 0.217. The molecule has 16 heavy (non-hydrogen) atoms. The van der Waals surface area contributed by atoms with E-state index in [1.165, 1.54) is 0 Å². The monoisotopic (exact) mass is 240 g/mol. The van der Waals surface area contributed by atoms with Crippen molar-refractivity contribution in [1.29, 1.82) is 0 Å². The van der Waals surface area contributed by atoms with Crippen LogP contribution < -0.4 is 9.47 Å². The van der Waals surface area contributed by atoms with E-state index < -0.39 is 11.4 Å². The number of aliphatic carboxylic acids is 1. The molecular formula is C11H9ClO4. The minimum atomic E-state index is -0.826. The second-order valence-corrected chi connectivity index (χ2v) is 4.43. The van der Waals surface area contributed by atoms with Gasteiger partial charge in [0.05, 0.1) is 10.4 Å². The van der Waals surface area contributed by atoms with Gasteiger partial charge in [-0.15, -0.1) is 0 Å². The maximum atomic E-state index is 11.2. The average molecular weight is 241 g/mol. The van der Waals surface area contributed by atoms with Crippen LogP contribution in [-0.4, -0.2) is 17.9 Å². The molecule has 0 saturated heterocycles. The van der Waals surface area contributed by atoms with Gasteiger partial charge in [-0.1, -0.05) is 17.7 Å². The van der Waals surface area contributed by atoms with Crippen LogP contribution in [0.1, 0.15) is 18.4 Å². The first-order valence-corrected chi connectivity index (χ1v) is 5.35. The highest BCUT2D eigenvalue weighted by Crippen LogP contribution is 2.54. The van der Waals surface area contributed by atoms with Gasteiger partial charge >= 0.3 is 5.97 Å². The van der Waals surface area contributed by atoms with Gasteiger partial charge in [0.1, 0.15) is 0 Å². The van der Waals surface area contributed by atoms with Gasteiger partial charge in [-0.2, -0.15) is 0 Å². The molecule has 0 unspecified atom stereocenters. The van der Waals surface area contributed by atoms with Crippen molar-refractivity contribution in [3.63, 3.8) is 0 Å². The zero-order chi connectivity index (χ0) is 11.3. The highest BCUT2D eigenvalue weighted by Gasteiger charge is 2.53. The Kier molecular flexibility index (Phi) is 1.86. The number of hydrogen-bond acceptors (Lipinski definition) is 3. The quantitative estimate of drug-likeness (QED) is 0.861. The predicted octanol–water partition coefficient (Wildman–Crippen LogP) is 2.18. The van der Waals surface area contributed by atoms with Gasteiger partial charge in [0.25, 0.3) is 0 Å². The number of rotatable bonds is 2. The lowest BCUT2D eigenvalue weighted by Crippen LogP contribution is -2.19. The Morgan fingerprint density at radius 3 is 2.75 bits per heavy atom. The average Bonchev–Trinajstić information content (AvgIpc) is 2.90. The number of benzene rings is 1. The SMILES string of the molecule is O=C(O)C1(c2ccc3c(c2Cl)OCO3)CC1. The number of hydrogen-bond donors (Lipinski definition) is 1. The molecule has 4 nitrogen and oxygen atoms in total. The Bertz CT molecular complexity index is 479. The number of carboxylic acids is 1. The van der Waals surface area contributed by atoms with E-state index in [1.54, 1.807) is 12.1 Å². The highest BCUT2D eigenvalue weighted by atomic mass is 35.5. The number of halogens is 1. The van der Waals surface area contributed by atoms with Crippen LogP contribution in [0.2, 0.25) is 5.02 Å². The molecule has 0 spiro atoms.